The molecule has 0 unspecified atom stereocenters. The van der Waals surface area contributed by atoms with Crippen molar-refractivity contribution in [2.45, 2.75) is 25.4 Å². The second-order valence-corrected chi connectivity index (χ2v) is 6.92. The molecule has 1 atom stereocenters. The number of carbonyl (C=O) groups is 1. The van der Waals surface area contributed by atoms with Gasteiger partial charge in [0, 0.05) is 15.8 Å². The Balaban J connectivity index is 1.82. The fourth-order valence-corrected chi connectivity index (χ4v) is 3.25. The maximum Gasteiger partial charge on any atom is 0.220 e. The van der Waals surface area contributed by atoms with Crippen LogP contribution in [0.15, 0.2) is 46.3 Å². The molecular weight excluding hydrogens is 350 g/mol. The Morgan fingerprint density at radius 1 is 1.33 bits per heavy atom. The predicted octanol–water partition coefficient (Wildman–Crippen LogP) is 3.47. The fraction of sp³-hybridized carbons (Fsp3) is 0.312. The molecular formula is C16H18BrNO2S. The van der Waals surface area contributed by atoms with Gasteiger partial charge < -0.3 is 10.4 Å². The topological polar surface area (TPSA) is 49.3 Å². The van der Waals surface area contributed by atoms with Crippen LogP contribution in [0.2, 0.25) is 0 Å². The third-order valence-electron chi connectivity index (χ3n) is 3.26. The second-order valence-electron chi connectivity index (χ2n) is 5.12. The number of nitrogens with one attached hydrogen (secondary N) is 1. The smallest absolute Gasteiger partial charge is 0.220 e. The average molecular weight is 368 g/mol. The molecule has 2 aromatic rings. The quantitative estimate of drug-likeness (QED) is 0.820. The van der Waals surface area contributed by atoms with E-state index < -0.39 is 5.60 Å². The van der Waals surface area contributed by atoms with Gasteiger partial charge in [-0.25, -0.2) is 0 Å². The molecule has 0 aliphatic rings. The number of hydrogen-bond acceptors (Lipinski definition) is 3. The Kier molecular flexibility index (Phi) is 5.56. The molecule has 0 aliphatic carbocycles. The highest BCUT2D eigenvalue weighted by Crippen LogP contribution is 2.24. The van der Waals surface area contributed by atoms with E-state index in [-0.39, 0.29) is 12.5 Å². The molecule has 21 heavy (non-hydrogen) atoms. The molecule has 112 valence electrons. The standard InChI is InChI=1S/C16H18BrNO2S/c1-16(20,14-7-4-10-21-14)11-18-15(19)9-8-12-5-2-3-6-13(12)17/h2-7,10,20H,8-9,11H2,1H3,(H,18,19)/t16-/m1/s1. The van der Waals surface area contributed by atoms with Crippen LogP contribution in [0.3, 0.4) is 0 Å². The van der Waals surface area contributed by atoms with Crippen LogP contribution in [0.25, 0.3) is 0 Å². The van der Waals surface area contributed by atoms with Crippen LogP contribution in [0.4, 0.5) is 0 Å². The van der Waals surface area contributed by atoms with Crippen LogP contribution >= 0.6 is 27.3 Å². The first kappa shape index (κ1) is 16.2. The first-order valence-corrected chi connectivity index (χ1v) is 8.43. The molecule has 0 radical (unpaired) electrons. The number of benzene rings is 1. The molecule has 1 aromatic heterocycles. The van der Waals surface area contributed by atoms with E-state index in [2.05, 4.69) is 21.2 Å². The Morgan fingerprint density at radius 2 is 2.10 bits per heavy atom. The number of carbonyl (C=O) groups excluding carboxylic acids is 1. The zero-order valence-corrected chi connectivity index (χ0v) is 14.2. The lowest BCUT2D eigenvalue weighted by Crippen LogP contribution is -2.38. The largest absolute Gasteiger partial charge is 0.383 e. The second kappa shape index (κ2) is 7.20. The molecule has 0 spiro atoms. The number of amides is 1. The van der Waals surface area contributed by atoms with Gasteiger partial charge in [0.25, 0.3) is 0 Å². The summed E-state index contributed by atoms with van der Waals surface area (Å²) in [5.41, 5.74) is 0.0922. The molecule has 0 saturated carbocycles. The minimum atomic E-state index is -1.02. The highest BCUT2D eigenvalue weighted by atomic mass is 79.9. The maximum atomic E-state index is 11.9. The lowest BCUT2D eigenvalue weighted by atomic mass is 10.0. The van der Waals surface area contributed by atoms with Crippen molar-refractivity contribution in [2.24, 2.45) is 0 Å². The Bertz CT molecular complexity index is 596. The number of hydrogen-bond donors (Lipinski definition) is 2. The molecule has 0 fully saturated rings. The molecule has 1 heterocycles. The predicted molar refractivity (Wildman–Crippen MR) is 89.4 cm³/mol. The van der Waals surface area contributed by atoms with Gasteiger partial charge in [-0.15, -0.1) is 11.3 Å². The van der Waals surface area contributed by atoms with Crippen molar-refractivity contribution in [1.29, 1.82) is 0 Å². The van der Waals surface area contributed by atoms with Gasteiger partial charge in [0.15, 0.2) is 0 Å². The zero-order valence-electron chi connectivity index (χ0n) is 11.8. The zero-order chi connectivity index (χ0) is 15.3. The number of aliphatic hydroxyl groups is 1. The number of thiophene rings is 1. The summed E-state index contributed by atoms with van der Waals surface area (Å²) in [6.07, 6.45) is 1.08. The van der Waals surface area contributed by atoms with Crippen molar-refractivity contribution >= 4 is 33.2 Å². The van der Waals surface area contributed by atoms with Crippen molar-refractivity contribution in [2.75, 3.05) is 6.54 Å². The van der Waals surface area contributed by atoms with Crippen molar-refractivity contribution < 1.29 is 9.90 Å². The average Bonchev–Trinajstić information content (AvgIpc) is 2.99. The van der Waals surface area contributed by atoms with E-state index in [1.165, 1.54) is 11.3 Å². The monoisotopic (exact) mass is 367 g/mol. The third-order valence-corrected chi connectivity index (χ3v) is 5.16. The molecule has 1 amide bonds. The Morgan fingerprint density at radius 3 is 2.76 bits per heavy atom. The minimum Gasteiger partial charge on any atom is -0.383 e. The van der Waals surface area contributed by atoms with Gasteiger partial charge >= 0.3 is 0 Å². The van der Waals surface area contributed by atoms with Gasteiger partial charge in [-0.1, -0.05) is 40.2 Å². The Labute approximate surface area is 137 Å². The lowest BCUT2D eigenvalue weighted by molar-refractivity contribution is -0.122. The molecule has 3 nitrogen and oxygen atoms in total. The minimum absolute atomic E-state index is 0.0532. The van der Waals surface area contributed by atoms with Crippen LogP contribution in [-0.4, -0.2) is 17.6 Å². The van der Waals surface area contributed by atoms with Gasteiger partial charge in [-0.2, -0.15) is 0 Å². The summed E-state index contributed by atoms with van der Waals surface area (Å²) in [6.45, 7) is 1.94. The summed E-state index contributed by atoms with van der Waals surface area (Å²) >= 11 is 4.96. The van der Waals surface area contributed by atoms with E-state index in [1.54, 1.807) is 6.92 Å². The number of aryl methyl sites for hydroxylation is 1. The van der Waals surface area contributed by atoms with Crippen molar-refractivity contribution in [3.63, 3.8) is 0 Å². The molecule has 5 heteroatoms. The van der Waals surface area contributed by atoms with E-state index >= 15 is 0 Å². The SMILES string of the molecule is C[C@@](O)(CNC(=O)CCc1ccccc1Br)c1cccs1. The van der Waals surface area contributed by atoms with Crippen LogP contribution in [0.5, 0.6) is 0 Å². The summed E-state index contributed by atoms with van der Waals surface area (Å²) in [5.74, 6) is -0.0532. The van der Waals surface area contributed by atoms with E-state index in [0.717, 1.165) is 14.9 Å². The van der Waals surface area contributed by atoms with Crippen LogP contribution in [-0.2, 0) is 16.8 Å². The summed E-state index contributed by atoms with van der Waals surface area (Å²) < 4.78 is 1.02. The maximum absolute atomic E-state index is 11.9. The lowest BCUT2D eigenvalue weighted by Gasteiger charge is -2.22. The van der Waals surface area contributed by atoms with Crippen LogP contribution in [0.1, 0.15) is 23.8 Å². The molecule has 1 aromatic carbocycles. The molecule has 0 bridgehead atoms. The van der Waals surface area contributed by atoms with Crippen LogP contribution in [0, 0.1) is 0 Å². The molecule has 0 saturated heterocycles. The van der Waals surface area contributed by atoms with Crippen molar-refractivity contribution in [3.05, 3.63) is 56.7 Å². The number of halogens is 1. The number of rotatable bonds is 6. The molecule has 0 aliphatic heterocycles. The fourth-order valence-electron chi connectivity index (χ4n) is 1.98. The highest BCUT2D eigenvalue weighted by molar-refractivity contribution is 9.10. The first-order chi connectivity index (χ1) is 9.99. The summed E-state index contributed by atoms with van der Waals surface area (Å²) in [7, 11) is 0. The van der Waals surface area contributed by atoms with E-state index in [0.29, 0.717) is 12.8 Å². The first-order valence-electron chi connectivity index (χ1n) is 6.75. The normalized spacial score (nSPS) is 13.7. The molecule has 2 N–H and O–H groups in total. The third kappa shape index (κ3) is 4.66. The highest BCUT2D eigenvalue weighted by Gasteiger charge is 2.24. The van der Waals surface area contributed by atoms with Gasteiger partial charge in [-0.05, 0) is 36.4 Å². The van der Waals surface area contributed by atoms with E-state index in [1.807, 2.05) is 41.8 Å². The summed E-state index contributed by atoms with van der Waals surface area (Å²) in [4.78, 5) is 12.8. The van der Waals surface area contributed by atoms with Gasteiger partial charge in [0.05, 0.1) is 6.54 Å². The molecule has 2 rings (SSSR count). The van der Waals surface area contributed by atoms with Crippen molar-refractivity contribution in [3.8, 4) is 0 Å². The van der Waals surface area contributed by atoms with Crippen LogP contribution < -0.4 is 5.32 Å². The Hall–Kier alpha value is -1.17. The van der Waals surface area contributed by atoms with Gasteiger partial charge in [-0.3, -0.25) is 4.79 Å². The summed E-state index contributed by atoms with van der Waals surface area (Å²) in [6, 6.07) is 11.6. The van der Waals surface area contributed by atoms with E-state index in [4.69, 9.17) is 0 Å². The van der Waals surface area contributed by atoms with E-state index in [9.17, 15) is 9.90 Å². The van der Waals surface area contributed by atoms with Gasteiger partial charge in [0.2, 0.25) is 5.91 Å². The van der Waals surface area contributed by atoms with Gasteiger partial charge in [0.1, 0.15) is 5.60 Å². The summed E-state index contributed by atoms with van der Waals surface area (Å²) in [5, 5.41) is 15.1. The van der Waals surface area contributed by atoms with Crippen molar-refractivity contribution in [1.82, 2.24) is 5.32 Å².